The van der Waals surface area contributed by atoms with Crippen LogP contribution in [0.5, 0.6) is 5.75 Å². The highest BCUT2D eigenvalue weighted by molar-refractivity contribution is 9.11. The molecule has 0 saturated heterocycles. The van der Waals surface area contributed by atoms with Crippen LogP contribution in [-0.2, 0) is 10.8 Å². The first-order chi connectivity index (χ1) is 46.8. The summed E-state index contributed by atoms with van der Waals surface area (Å²) in [6, 6.07) is 10.6. The number of methoxy groups -OCH3 is 1. The highest BCUT2D eigenvalue weighted by Crippen LogP contribution is 2.66. The van der Waals surface area contributed by atoms with Crippen LogP contribution in [0.25, 0.3) is 31.7 Å². The summed E-state index contributed by atoms with van der Waals surface area (Å²) in [5.41, 5.74) is 11.1. The molecule has 4 aromatic rings. The summed E-state index contributed by atoms with van der Waals surface area (Å²) >= 11 is 12.3. The van der Waals surface area contributed by atoms with E-state index in [-0.39, 0.29) is 10.8 Å². The van der Waals surface area contributed by atoms with Crippen LogP contribution in [0.2, 0.25) is 0 Å². The van der Waals surface area contributed by atoms with Gasteiger partial charge in [0, 0.05) is 26.1 Å². The molecule has 0 spiro atoms. The number of hydrogen-bond acceptors (Lipinski definition) is 3. The van der Waals surface area contributed by atoms with Crippen molar-refractivity contribution in [3.63, 3.8) is 0 Å². The van der Waals surface area contributed by atoms with Crippen molar-refractivity contribution >= 4 is 65.3 Å². The number of ether oxygens (including phenoxy) is 1. The Kier molecular flexibility index (Phi) is 44.5. The van der Waals surface area contributed by atoms with Crippen LogP contribution in [0.3, 0.4) is 0 Å². The van der Waals surface area contributed by atoms with Gasteiger partial charge in [-0.05, 0) is 127 Å². The van der Waals surface area contributed by atoms with E-state index in [4.69, 9.17) is 4.74 Å². The lowest BCUT2D eigenvalue weighted by Crippen LogP contribution is -2.27. The molecule has 0 unspecified atom stereocenters. The number of aryl methyl sites for hydroxylation is 1. The molecule has 0 fully saturated rings. The topological polar surface area (TPSA) is 9.23 Å². The van der Waals surface area contributed by atoms with E-state index in [1.807, 2.05) is 29.8 Å². The summed E-state index contributed by atoms with van der Waals surface area (Å²) in [6.45, 7) is 11.9. The van der Waals surface area contributed by atoms with E-state index in [1.165, 1.54) is 440 Å². The Hall–Kier alpha value is -1.14. The molecule has 0 aliphatic heterocycles. The molecule has 5 heteroatoms. The van der Waals surface area contributed by atoms with E-state index in [1.54, 1.807) is 38.1 Å². The highest BCUT2D eigenvalue weighted by Gasteiger charge is 2.50. The highest BCUT2D eigenvalue weighted by atomic mass is 79.9. The third-order valence-corrected chi connectivity index (χ3v) is 26.8. The van der Waals surface area contributed by atoms with E-state index in [0.717, 1.165) is 5.75 Å². The van der Waals surface area contributed by atoms with Crippen molar-refractivity contribution < 1.29 is 4.74 Å². The van der Waals surface area contributed by atoms with Gasteiger partial charge < -0.3 is 4.74 Å². The molecule has 2 aliphatic carbocycles. The fraction of sp³-hybridized carbons (Fsp3) is 0.800. The van der Waals surface area contributed by atoms with Crippen LogP contribution >= 0.6 is 54.5 Å². The summed E-state index contributed by atoms with van der Waals surface area (Å²) in [5.74, 6) is 1.13. The van der Waals surface area contributed by atoms with Crippen LogP contribution in [0.4, 0.5) is 0 Å². The predicted octanol–water partition coefficient (Wildman–Crippen LogP) is 34.4. The Bertz CT molecular complexity index is 2500. The molecule has 0 saturated carbocycles. The van der Waals surface area contributed by atoms with Gasteiger partial charge in [0.1, 0.15) is 5.75 Å². The molecule has 1 nitrogen and oxygen atoms in total. The average Bonchev–Trinajstić information content (AvgIpc) is 1.53. The fourth-order valence-corrected chi connectivity index (χ4v) is 21.4. The zero-order valence-electron chi connectivity index (χ0n) is 63.5. The second kappa shape index (κ2) is 51.1. The number of rotatable bonds is 65. The van der Waals surface area contributed by atoms with Gasteiger partial charge in [-0.25, -0.2) is 0 Å². The first-order valence-electron chi connectivity index (χ1n) is 42.6. The lowest BCUT2D eigenvalue weighted by atomic mass is 9.67. The molecule has 2 aromatic carbocycles. The Morgan fingerprint density at radius 2 is 0.495 bits per heavy atom. The average molecular weight is 1470 g/mol. The van der Waals surface area contributed by atoms with Gasteiger partial charge in [0.25, 0.3) is 0 Å². The Morgan fingerprint density at radius 1 is 0.284 bits per heavy atom. The number of fused-ring (bicyclic) bond motifs is 9. The summed E-state index contributed by atoms with van der Waals surface area (Å²) < 4.78 is 9.50. The number of halogens is 2. The van der Waals surface area contributed by atoms with E-state index < -0.39 is 0 Å². The molecule has 0 atom stereocenters. The molecule has 95 heavy (non-hydrogen) atoms. The predicted molar refractivity (Wildman–Crippen MR) is 437 cm³/mol. The van der Waals surface area contributed by atoms with Gasteiger partial charge in [-0.1, -0.05) is 419 Å². The van der Waals surface area contributed by atoms with Crippen molar-refractivity contribution in [2.45, 2.75) is 456 Å². The monoisotopic (exact) mass is 1470 g/mol. The van der Waals surface area contributed by atoms with E-state index in [0.29, 0.717) is 0 Å². The normalized spacial score (nSPS) is 13.6. The third kappa shape index (κ3) is 28.2. The second-order valence-corrected chi connectivity index (χ2v) is 36.3. The van der Waals surface area contributed by atoms with Gasteiger partial charge in [0.2, 0.25) is 0 Å². The Morgan fingerprint density at radius 3 is 0.737 bits per heavy atom. The van der Waals surface area contributed by atoms with Crippen LogP contribution in [-0.4, -0.2) is 7.11 Å². The van der Waals surface area contributed by atoms with Crippen molar-refractivity contribution in [2.24, 2.45) is 0 Å². The maximum Gasteiger partial charge on any atom is 0.128 e. The second-order valence-electron chi connectivity index (χ2n) is 31.4. The zero-order valence-corrected chi connectivity index (χ0v) is 68.3. The van der Waals surface area contributed by atoms with E-state index in [2.05, 4.69) is 90.7 Å². The first kappa shape index (κ1) is 82.8. The van der Waals surface area contributed by atoms with Gasteiger partial charge in [-0.3, -0.25) is 0 Å². The van der Waals surface area contributed by atoms with Gasteiger partial charge in [-0.15, -0.1) is 22.7 Å². The van der Waals surface area contributed by atoms with Crippen molar-refractivity contribution in [3.8, 4) is 26.6 Å². The summed E-state index contributed by atoms with van der Waals surface area (Å²) in [5, 5.41) is 3.11. The summed E-state index contributed by atoms with van der Waals surface area (Å²) in [4.78, 5) is 3.06. The quantitative estimate of drug-likeness (QED) is 0.0400. The number of thiophene rings is 2. The standard InChI is InChI=1S/C90H150Br2OS2/c1-7-11-15-19-23-27-31-35-39-43-47-51-55-59-63-67-89(68-64-60-56-52-48-44-40-36-32-28-24-20-16-12-8-2)78-73-81(91)94-87(78)83-75(5)71-76-77(85(83)89)72-80(93-6)84-86(76)90(79-74-82(92)95-88(79)84,69-65-61-57-53-49-45-41-37-33-29-25-21-17-13-9-3)70-66-62-58-54-50-46-42-38-34-30-26-22-18-14-10-4/h71-74H,7-70H2,1-6H3. The molecule has 6 rings (SSSR count). The summed E-state index contributed by atoms with van der Waals surface area (Å²) in [7, 11) is 2.01. The first-order valence-corrected chi connectivity index (χ1v) is 45.8. The molecule has 2 aliphatic rings. The maximum atomic E-state index is 6.89. The minimum Gasteiger partial charge on any atom is -0.496 e. The molecule has 0 amide bonds. The molecule has 0 bridgehead atoms. The minimum absolute atomic E-state index is 0.00137. The van der Waals surface area contributed by atoms with Gasteiger partial charge in [0.15, 0.2) is 0 Å². The Balaban J connectivity index is 1.23. The molecule has 0 radical (unpaired) electrons. The van der Waals surface area contributed by atoms with Crippen LogP contribution < -0.4 is 4.74 Å². The van der Waals surface area contributed by atoms with Gasteiger partial charge >= 0.3 is 0 Å². The molecule has 542 valence electrons. The van der Waals surface area contributed by atoms with Gasteiger partial charge in [0.05, 0.1) is 14.7 Å². The Labute approximate surface area is 615 Å². The molecule has 0 N–H and O–H groups in total. The zero-order chi connectivity index (χ0) is 67.3. The molecule has 2 aromatic heterocycles. The van der Waals surface area contributed by atoms with Crippen molar-refractivity contribution in [1.29, 1.82) is 0 Å². The number of unbranched alkanes of at least 4 members (excludes halogenated alkanes) is 56. The van der Waals surface area contributed by atoms with Crippen molar-refractivity contribution in [1.82, 2.24) is 0 Å². The van der Waals surface area contributed by atoms with Crippen LogP contribution in [0.1, 0.15) is 466 Å². The minimum atomic E-state index is -0.0225. The number of benzene rings is 2. The number of hydrogen-bond donors (Lipinski definition) is 0. The molecular weight excluding hydrogens is 1320 g/mol. The molecule has 2 heterocycles. The lowest BCUT2D eigenvalue weighted by molar-refractivity contribution is 0.394. The van der Waals surface area contributed by atoms with Crippen LogP contribution in [0, 0.1) is 6.92 Å². The van der Waals surface area contributed by atoms with Crippen molar-refractivity contribution in [3.05, 3.63) is 59.7 Å². The maximum absolute atomic E-state index is 6.89. The van der Waals surface area contributed by atoms with E-state index >= 15 is 0 Å². The SMILES string of the molecule is CCCCCCCCCCCCCCCCCC1(CCCCCCCCCCCCCCCCC)c2cc(Br)sc2-c2c(C)cc3c4c(c(OC)cc3c21)-c1sc(Br)cc1C4(CCCCCCCCCCCCCCCCC)CCCCCCCCCCCCCCCCC. The largest absolute Gasteiger partial charge is 0.496 e. The smallest absolute Gasteiger partial charge is 0.128 e. The molecular formula is C90H150Br2OS2. The fourth-order valence-electron chi connectivity index (χ4n) is 17.9. The van der Waals surface area contributed by atoms with E-state index in [9.17, 15) is 0 Å². The van der Waals surface area contributed by atoms with Crippen LogP contribution in [0.15, 0.2) is 31.8 Å². The third-order valence-electron chi connectivity index (χ3n) is 23.5. The lowest BCUT2D eigenvalue weighted by Gasteiger charge is -2.36. The summed E-state index contributed by atoms with van der Waals surface area (Å²) in [6.07, 6.45) is 89.8. The van der Waals surface area contributed by atoms with Crippen molar-refractivity contribution in [2.75, 3.05) is 7.11 Å². The van der Waals surface area contributed by atoms with Gasteiger partial charge in [-0.2, -0.15) is 0 Å².